The fourth-order valence-corrected chi connectivity index (χ4v) is 2.87. The predicted molar refractivity (Wildman–Crippen MR) is 95.8 cm³/mol. The molecule has 1 heterocycles. The summed E-state index contributed by atoms with van der Waals surface area (Å²) in [5, 5.41) is 11.0. The van der Waals surface area contributed by atoms with Gasteiger partial charge < -0.3 is 5.32 Å². The van der Waals surface area contributed by atoms with Crippen LogP contribution in [0.25, 0.3) is 11.0 Å². The van der Waals surface area contributed by atoms with Gasteiger partial charge in [0.25, 0.3) is 5.91 Å². The van der Waals surface area contributed by atoms with Gasteiger partial charge in [-0.3, -0.25) is 4.79 Å². The molecule has 1 atom stereocenters. The number of carbonyl (C=O) groups excluding carboxylic acids is 1. The molecule has 3 aromatic rings. The van der Waals surface area contributed by atoms with Gasteiger partial charge in [-0.25, -0.2) is 4.68 Å². The summed E-state index contributed by atoms with van der Waals surface area (Å²) in [6, 6.07) is 13.7. The molecule has 0 spiro atoms. The third-order valence-corrected chi connectivity index (χ3v) is 4.27. The van der Waals surface area contributed by atoms with E-state index in [2.05, 4.69) is 15.6 Å². The molecule has 0 radical (unpaired) electrons. The van der Waals surface area contributed by atoms with Crippen molar-refractivity contribution in [3.63, 3.8) is 0 Å². The number of hydrogen-bond acceptors (Lipinski definition) is 3. The van der Waals surface area contributed by atoms with Gasteiger partial charge >= 0.3 is 0 Å². The van der Waals surface area contributed by atoms with Crippen molar-refractivity contribution < 1.29 is 4.79 Å². The van der Waals surface area contributed by atoms with Crippen LogP contribution in [0.15, 0.2) is 48.5 Å². The molecule has 3 rings (SSSR count). The number of carbonyl (C=O) groups is 1. The number of rotatable bonds is 3. The first kappa shape index (κ1) is 17.3. The zero-order chi connectivity index (χ0) is 17.3. The van der Waals surface area contributed by atoms with Crippen LogP contribution in [0.3, 0.4) is 0 Å². The number of benzene rings is 2. The number of halogens is 4. The van der Waals surface area contributed by atoms with E-state index in [9.17, 15) is 4.79 Å². The van der Waals surface area contributed by atoms with Gasteiger partial charge in [0.15, 0.2) is 6.17 Å². The highest BCUT2D eigenvalue weighted by Gasteiger charge is 2.37. The number of amides is 1. The first-order valence-corrected chi connectivity index (χ1v) is 8.31. The van der Waals surface area contributed by atoms with Crippen molar-refractivity contribution in [3.8, 4) is 0 Å². The Kier molecular flexibility index (Phi) is 4.88. The van der Waals surface area contributed by atoms with E-state index in [-0.39, 0.29) is 5.56 Å². The van der Waals surface area contributed by atoms with Crippen LogP contribution in [0.4, 0.5) is 0 Å². The number of nitrogens with one attached hydrogen (secondary N) is 1. The van der Waals surface area contributed by atoms with Crippen LogP contribution in [0.5, 0.6) is 0 Å². The number of para-hydroxylation sites is 1. The Morgan fingerprint density at radius 2 is 1.75 bits per heavy atom. The lowest BCUT2D eigenvalue weighted by atomic mass is 10.2. The highest BCUT2D eigenvalue weighted by molar-refractivity contribution is 6.68. The van der Waals surface area contributed by atoms with E-state index in [1.165, 1.54) is 4.68 Å². The van der Waals surface area contributed by atoms with Crippen LogP contribution in [0.1, 0.15) is 16.5 Å². The minimum atomic E-state index is -1.85. The van der Waals surface area contributed by atoms with E-state index in [0.717, 1.165) is 0 Å². The Balaban J connectivity index is 1.99. The summed E-state index contributed by atoms with van der Waals surface area (Å²) in [5.74, 6) is -0.489. The van der Waals surface area contributed by atoms with Gasteiger partial charge in [0, 0.05) is 0 Å². The SMILES string of the molecule is O=C(N[C@H](n1nnc2ccccc21)C(Cl)(Cl)Cl)c1ccccc1Cl. The van der Waals surface area contributed by atoms with Gasteiger partial charge in [-0.1, -0.05) is 75.9 Å². The van der Waals surface area contributed by atoms with Crippen LogP contribution in [-0.4, -0.2) is 24.7 Å². The normalized spacial score (nSPS) is 13.0. The van der Waals surface area contributed by atoms with E-state index in [4.69, 9.17) is 46.4 Å². The Bertz CT molecular complexity index is 890. The van der Waals surface area contributed by atoms with Crippen molar-refractivity contribution in [2.75, 3.05) is 0 Å². The van der Waals surface area contributed by atoms with Crippen molar-refractivity contribution in [2.24, 2.45) is 0 Å². The standard InChI is InChI=1S/C15H10Cl4N4O/c16-10-6-2-1-5-9(10)13(24)20-14(15(17,18)19)23-12-8-4-3-7-11(12)21-22-23/h1-8,14H,(H,20,24)/t14-/m1/s1. The quantitative estimate of drug-likeness (QED) is 0.660. The summed E-state index contributed by atoms with van der Waals surface area (Å²) in [6.07, 6.45) is -1.07. The summed E-state index contributed by atoms with van der Waals surface area (Å²) in [7, 11) is 0. The molecule has 0 aliphatic rings. The summed E-state index contributed by atoms with van der Waals surface area (Å²) in [6.45, 7) is 0. The van der Waals surface area contributed by atoms with E-state index in [0.29, 0.717) is 16.1 Å². The second-order valence-corrected chi connectivity index (χ2v) is 7.70. The summed E-state index contributed by atoms with van der Waals surface area (Å²) < 4.78 is -0.496. The Morgan fingerprint density at radius 1 is 1.08 bits per heavy atom. The molecule has 5 nitrogen and oxygen atoms in total. The zero-order valence-corrected chi connectivity index (χ0v) is 15.0. The number of aromatic nitrogens is 3. The molecule has 0 fully saturated rings. The summed E-state index contributed by atoms with van der Waals surface area (Å²) in [4.78, 5) is 12.5. The second kappa shape index (κ2) is 6.76. The summed E-state index contributed by atoms with van der Waals surface area (Å²) in [5.41, 5.74) is 1.50. The van der Waals surface area contributed by atoms with Crippen molar-refractivity contribution in [1.82, 2.24) is 20.3 Å². The van der Waals surface area contributed by atoms with Crippen molar-refractivity contribution in [2.45, 2.75) is 9.96 Å². The molecule has 0 aliphatic carbocycles. The molecule has 0 saturated carbocycles. The molecule has 0 bridgehead atoms. The first-order chi connectivity index (χ1) is 11.4. The molecular formula is C15H10Cl4N4O. The molecular weight excluding hydrogens is 394 g/mol. The smallest absolute Gasteiger partial charge is 0.254 e. The lowest BCUT2D eigenvalue weighted by Crippen LogP contribution is -2.41. The molecule has 1 N–H and O–H groups in total. The molecule has 2 aromatic carbocycles. The minimum absolute atomic E-state index is 0.267. The summed E-state index contributed by atoms with van der Waals surface area (Å²) >= 11 is 24.2. The van der Waals surface area contributed by atoms with E-state index >= 15 is 0 Å². The molecule has 0 aliphatic heterocycles. The van der Waals surface area contributed by atoms with Crippen LogP contribution >= 0.6 is 46.4 Å². The average molecular weight is 404 g/mol. The number of fused-ring (bicyclic) bond motifs is 1. The Morgan fingerprint density at radius 3 is 2.46 bits per heavy atom. The Labute approximate surface area is 157 Å². The molecule has 0 unspecified atom stereocenters. The van der Waals surface area contributed by atoms with Gasteiger partial charge in [-0.15, -0.1) is 5.10 Å². The van der Waals surface area contributed by atoms with Gasteiger partial charge in [-0.2, -0.15) is 0 Å². The predicted octanol–water partition coefficient (Wildman–Crippen LogP) is 4.38. The molecule has 0 saturated heterocycles. The highest BCUT2D eigenvalue weighted by Crippen LogP contribution is 2.37. The van der Waals surface area contributed by atoms with Crippen molar-refractivity contribution in [1.29, 1.82) is 0 Å². The molecule has 9 heteroatoms. The highest BCUT2D eigenvalue weighted by atomic mass is 35.6. The lowest BCUT2D eigenvalue weighted by molar-refractivity contribution is 0.0917. The monoisotopic (exact) mass is 402 g/mol. The molecule has 1 aromatic heterocycles. The van der Waals surface area contributed by atoms with Gasteiger partial charge in [0.05, 0.1) is 16.1 Å². The Hall–Kier alpha value is -1.53. The maximum Gasteiger partial charge on any atom is 0.254 e. The number of hydrogen-bond donors (Lipinski definition) is 1. The maximum atomic E-state index is 12.5. The van der Waals surface area contributed by atoms with Crippen molar-refractivity contribution in [3.05, 3.63) is 59.1 Å². The minimum Gasteiger partial charge on any atom is -0.326 e. The average Bonchev–Trinajstić information content (AvgIpc) is 2.95. The van der Waals surface area contributed by atoms with Gasteiger partial charge in [0.2, 0.25) is 3.79 Å². The third kappa shape index (κ3) is 3.44. The van der Waals surface area contributed by atoms with Crippen LogP contribution < -0.4 is 5.32 Å². The van der Waals surface area contributed by atoms with Crippen LogP contribution in [-0.2, 0) is 0 Å². The van der Waals surface area contributed by atoms with E-state index in [1.54, 1.807) is 42.5 Å². The van der Waals surface area contributed by atoms with E-state index in [1.807, 2.05) is 6.07 Å². The van der Waals surface area contributed by atoms with E-state index < -0.39 is 15.9 Å². The van der Waals surface area contributed by atoms with Gasteiger partial charge in [0.1, 0.15) is 5.52 Å². The molecule has 124 valence electrons. The maximum absolute atomic E-state index is 12.5. The molecule has 1 amide bonds. The topological polar surface area (TPSA) is 59.8 Å². The fraction of sp³-hybridized carbons (Fsp3) is 0.133. The lowest BCUT2D eigenvalue weighted by Gasteiger charge is -2.26. The number of alkyl halides is 3. The zero-order valence-electron chi connectivity index (χ0n) is 12.0. The largest absolute Gasteiger partial charge is 0.326 e. The number of nitrogens with zero attached hydrogens (tertiary/aromatic N) is 3. The van der Waals surface area contributed by atoms with Gasteiger partial charge in [-0.05, 0) is 24.3 Å². The molecule has 24 heavy (non-hydrogen) atoms. The van der Waals surface area contributed by atoms with Crippen LogP contribution in [0.2, 0.25) is 5.02 Å². The first-order valence-electron chi connectivity index (χ1n) is 6.80. The second-order valence-electron chi connectivity index (χ2n) is 4.92. The fourth-order valence-electron chi connectivity index (χ4n) is 2.21. The van der Waals surface area contributed by atoms with Crippen molar-refractivity contribution >= 4 is 63.3 Å². The van der Waals surface area contributed by atoms with Crippen LogP contribution in [0, 0.1) is 0 Å². The third-order valence-electron chi connectivity index (χ3n) is 3.32.